The van der Waals surface area contributed by atoms with Crippen LogP contribution < -0.4 is 16.0 Å². The molecule has 1 unspecified atom stereocenters. The Morgan fingerprint density at radius 1 is 1.37 bits per heavy atom. The first-order chi connectivity index (χ1) is 9.22. The molecule has 0 amide bonds. The van der Waals surface area contributed by atoms with Crippen molar-refractivity contribution in [3.63, 3.8) is 0 Å². The smallest absolute Gasteiger partial charge is 0.251 e. The Labute approximate surface area is 115 Å². The molecule has 2 rings (SSSR count). The van der Waals surface area contributed by atoms with Gasteiger partial charge in [-0.05, 0) is 17.7 Å². The quantitative estimate of drug-likeness (QED) is 0.640. The number of nitrogens with zero attached hydrogens (tertiary/aromatic N) is 1. The number of nitrogens with two attached hydrogens (primary N) is 1. The molecule has 0 fully saturated rings. The molecule has 3 N–H and O–H groups in total. The average Bonchev–Trinajstić information content (AvgIpc) is 2.45. The zero-order valence-electron chi connectivity index (χ0n) is 10.5. The zero-order valence-corrected chi connectivity index (χ0v) is 11.3. The number of nitrogens with one attached hydrogen (secondary N) is 1. The lowest BCUT2D eigenvalue weighted by molar-refractivity contribution is 0.414. The van der Waals surface area contributed by atoms with Crippen LogP contribution in [0.3, 0.4) is 0 Å². The third-order valence-corrected chi connectivity index (χ3v) is 3.78. The minimum Gasteiger partial charge on any atom is -0.497 e. The maximum absolute atomic E-state index is 11.2. The van der Waals surface area contributed by atoms with Crippen molar-refractivity contribution in [2.24, 2.45) is 5.73 Å². The number of thioether (sulfide) groups is 1. The lowest BCUT2D eigenvalue weighted by Gasteiger charge is -2.14. The van der Waals surface area contributed by atoms with Gasteiger partial charge in [0.15, 0.2) is 5.16 Å². The molecule has 0 aliphatic rings. The summed E-state index contributed by atoms with van der Waals surface area (Å²) < 4.78 is 5.12. The molecular weight excluding hydrogens is 262 g/mol. The SMILES string of the molecule is COc1ccc(C(CN)Sc2nccc(=O)[nH]2)cc1. The molecule has 6 heteroatoms. The molecule has 1 aromatic carbocycles. The molecule has 1 heterocycles. The van der Waals surface area contributed by atoms with Crippen molar-refractivity contribution >= 4 is 11.8 Å². The van der Waals surface area contributed by atoms with Gasteiger partial charge in [0, 0.05) is 24.1 Å². The van der Waals surface area contributed by atoms with Gasteiger partial charge in [-0.15, -0.1) is 0 Å². The fraction of sp³-hybridized carbons (Fsp3) is 0.231. The van der Waals surface area contributed by atoms with Gasteiger partial charge in [0.25, 0.3) is 5.56 Å². The maximum Gasteiger partial charge on any atom is 0.251 e. The van der Waals surface area contributed by atoms with Crippen molar-refractivity contribution in [2.75, 3.05) is 13.7 Å². The first-order valence-electron chi connectivity index (χ1n) is 5.79. The first-order valence-corrected chi connectivity index (χ1v) is 6.67. The van der Waals surface area contributed by atoms with Gasteiger partial charge in [-0.2, -0.15) is 0 Å². The minimum atomic E-state index is -0.164. The highest BCUT2D eigenvalue weighted by atomic mass is 32.2. The predicted octanol–water partition coefficient (Wildman–Crippen LogP) is 1.57. The van der Waals surface area contributed by atoms with E-state index in [9.17, 15) is 4.79 Å². The molecule has 1 atom stereocenters. The molecule has 2 aromatic rings. The molecule has 0 aliphatic heterocycles. The highest BCUT2D eigenvalue weighted by Gasteiger charge is 2.12. The van der Waals surface area contributed by atoms with Crippen LogP contribution in [0.1, 0.15) is 10.8 Å². The summed E-state index contributed by atoms with van der Waals surface area (Å²) in [6.07, 6.45) is 1.49. The molecule has 0 saturated carbocycles. The normalized spacial score (nSPS) is 12.1. The number of H-pyrrole nitrogens is 1. The van der Waals surface area contributed by atoms with Crippen LogP contribution in [-0.4, -0.2) is 23.6 Å². The molecule has 1 aromatic heterocycles. The number of ether oxygens (including phenoxy) is 1. The van der Waals surface area contributed by atoms with E-state index in [4.69, 9.17) is 10.5 Å². The lowest BCUT2D eigenvalue weighted by atomic mass is 10.1. The van der Waals surface area contributed by atoms with E-state index in [1.54, 1.807) is 7.11 Å². The van der Waals surface area contributed by atoms with Crippen molar-refractivity contribution < 1.29 is 4.74 Å². The van der Waals surface area contributed by atoms with Crippen LogP contribution in [0.25, 0.3) is 0 Å². The second kappa shape index (κ2) is 6.40. The number of methoxy groups -OCH3 is 1. The van der Waals surface area contributed by atoms with Crippen LogP contribution in [0.15, 0.2) is 46.5 Å². The average molecular weight is 277 g/mol. The maximum atomic E-state index is 11.2. The highest BCUT2D eigenvalue weighted by Crippen LogP contribution is 2.32. The summed E-state index contributed by atoms with van der Waals surface area (Å²) in [6.45, 7) is 0.454. The van der Waals surface area contributed by atoms with Crippen molar-refractivity contribution in [1.82, 2.24) is 9.97 Å². The van der Waals surface area contributed by atoms with Gasteiger partial charge < -0.3 is 15.5 Å². The molecule has 5 nitrogen and oxygen atoms in total. The molecule has 100 valence electrons. The molecule has 0 spiro atoms. The van der Waals surface area contributed by atoms with Gasteiger partial charge in [-0.25, -0.2) is 4.98 Å². The minimum absolute atomic E-state index is 0.0384. The van der Waals surface area contributed by atoms with E-state index in [1.807, 2.05) is 24.3 Å². The van der Waals surface area contributed by atoms with Crippen LogP contribution in [-0.2, 0) is 0 Å². The number of rotatable bonds is 5. The Balaban J connectivity index is 2.17. The first kappa shape index (κ1) is 13.6. The molecule has 0 aliphatic carbocycles. The van der Waals surface area contributed by atoms with Gasteiger partial charge >= 0.3 is 0 Å². The Morgan fingerprint density at radius 3 is 2.68 bits per heavy atom. The van der Waals surface area contributed by atoms with Crippen LogP contribution in [0.2, 0.25) is 0 Å². The summed E-state index contributed by atoms with van der Waals surface area (Å²) in [6, 6.07) is 9.09. The van der Waals surface area contributed by atoms with Crippen molar-refractivity contribution in [2.45, 2.75) is 10.4 Å². The lowest BCUT2D eigenvalue weighted by Crippen LogP contribution is -2.12. The van der Waals surface area contributed by atoms with E-state index >= 15 is 0 Å². The van der Waals surface area contributed by atoms with Gasteiger partial charge in [-0.1, -0.05) is 23.9 Å². The van der Waals surface area contributed by atoms with E-state index < -0.39 is 0 Å². The van der Waals surface area contributed by atoms with E-state index in [0.29, 0.717) is 11.7 Å². The zero-order chi connectivity index (χ0) is 13.7. The van der Waals surface area contributed by atoms with Crippen LogP contribution >= 0.6 is 11.8 Å². The summed E-state index contributed by atoms with van der Waals surface area (Å²) in [4.78, 5) is 18.0. The topological polar surface area (TPSA) is 81.0 Å². The second-order valence-electron chi connectivity index (χ2n) is 3.85. The van der Waals surface area contributed by atoms with Crippen LogP contribution in [0.5, 0.6) is 5.75 Å². The van der Waals surface area contributed by atoms with Crippen LogP contribution in [0, 0.1) is 0 Å². The Hall–Kier alpha value is -1.79. The van der Waals surface area contributed by atoms with Gasteiger partial charge in [-0.3, -0.25) is 4.79 Å². The van der Waals surface area contributed by atoms with Gasteiger partial charge in [0.1, 0.15) is 5.75 Å². The molecular formula is C13H15N3O2S. The summed E-state index contributed by atoms with van der Waals surface area (Å²) in [5, 5.41) is 0.607. The number of benzene rings is 1. The predicted molar refractivity (Wildman–Crippen MR) is 75.5 cm³/mol. The molecule has 0 bridgehead atoms. The molecule has 19 heavy (non-hydrogen) atoms. The number of hydrogen-bond acceptors (Lipinski definition) is 5. The third kappa shape index (κ3) is 3.59. The fourth-order valence-corrected chi connectivity index (χ4v) is 2.56. The largest absolute Gasteiger partial charge is 0.497 e. The number of aromatic nitrogens is 2. The number of hydrogen-bond donors (Lipinski definition) is 2. The van der Waals surface area contributed by atoms with Gasteiger partial charge in [0.2, 0.25) is 0 Å². The van der Waals surface area contributed by atoms with Gasteiger partial charge in [0.05, 0.1) is 7.11 Å². The standard InChI is InChI=1S/C13H15N3O2S/c1-18-10-4-2-9(3-5-10)11(8-14)19-13-15-7-6-12(17)16-13/h2-7,11H,8,14H2,1H3,(H,15,16,17). The van der Waals surface area contributed by atoms with Crippen molar-refractivity contribution in [3.8, 4) is 5.75 Å². The fourth-order valence-electron chi connectivity index (χ4n) is 1.62. The summed E-state index contributed by atoms with van der Waals surface area (Å²) in [5.74, 6) is 0.802. The monoisotopic (exact) mass is 277 g/mol. The molecule has 0 saturated heterocycles. The molecule has 0 radical (unpaired) electrons. The van der Waals surface area contributed by atoms with E-state index in [1.165, 1.54) is 24.0 Å². The summed E-state index contributed by atoms with van der Waals surface area (Å²) in [5.41, 5.74) is 6.69. The van der Waals surface area contributed by atoms with E-state index in [2.05, 4.69) is 9.97 Å². The Morgan fingerprint density at radius 2 is 2.11 bits per heavy atom. The van der Waals surface area contributed by atoms with Crippen molar-refractivity contribution in [1.29, 1.82) is 0 Å². The summed E-state index contributed by atoms with van der Waals surface area (Å²) >= 11 is 1.44. The van der Waals surface area contributed by atoms with Crippen LogP contribution in [0.4, 0.5) is 0 Å². The third-order valence-electron chi connectivity index (χ3n) is 2.60. The van der Waals surface area contributed by atoms with Crippen molar-refractivity contribution in [3.05, 3.63) is 52.4 Å². The highest BCUT2D eigenvalue weighted by molar-refractivity contribution is 7.99. The van der Waals surface area contributed by atoms with E-state index in [0.717, 1.165) is 11.3 Å². The Bertz CT molecular complexity index is 583. The second-order valence-corrected chi connectivity index (χ2v) is 5.05. The van der Waals surface area contributed by atoms with E-state index in [-0.39, 0.29) is 10.8 Å². The summed E-state index contributed by atoms with van der Waals surface area (Å²) in [7, 11) is 1.63. The number of aromatic amines is 1. The Kier molecular flexibility index (Phi) is 4.59.